The zero-order valence-electron chi connectivity index (χ0n) is 14.8. The molecule has 140 valence electrons. The van der Waals surface area contributed by atoms with Crippen LogP contribution in [0.3, 0.4) is 0 Å². The van der Waals surface area contributed by atoms with E-state index in [0.29, 0.717) is 29.1 Å². The molecular weight excluding hydrogens is 420 g/mol. The first-order valence-corrected chi connectivity index (χ1v) is 10.00. The number of fused-ring (bicyclic) bond motifs is 1. The highest BCUT2D eigenvalue weighted by Crippen LogP contribution is 2.21. The van der Waals surface area contributed by atoms with Crippen LogP contribution in [0.4, 0.5) is 4.79 Å². The summed E-state index contributed by atoms with van der Waals surface area (Å²) in [6.07, 6.45) is 0. The van der Waals surface area contributed by atoms with Crippen LogP contribution < -0.4 is 16.2 Å². The number of imide groups is 1. The molecule has 0 spiro atoms. The predicted octanol–water partition coefficient (Wildman–Crippen LogP) is 2.75. The van der Waals surface area contributed by atoms with Gasteiger partial charge in [-0.2, -0.15) is 0 Å². The molecule has 0 atom stereocenters. The standard InChI is InChI=1S/C17H21BrN4O3S/c1-4-19-16(25)21-14(23)9-26-17-20-13-6-5-11(18)7-12(13)15(24)22(17)8-10(2)3/h5-7,10H,4,8-9H2,1-3H3,(H2,19,21,23,25). The largest absolute Gasteiger partial charge is 0.338 e. The van der Waals surface area contributed by atoms with Gasteiger partial charge in [-0.3, -0.25) is 19.5 Å². The first-order valence-electron chi connectivity index (χ1n) is 8.22. The lowest BCUT2D eigenvalue weighted by Crippen LogP contribution is -2.40. The molecule has 0 bridgehead atoms. The van der Waals surface area contributed by atoms with Crippen LogP contribution in [0.1, 0.15) is 20.8 Å². The molecule has 0 unspecified atom stereocenters. The molecule has 9 heteroatoms. The van der Waals surface area contributed by atoms with Gasteiger partial charge in [0.15, 0.2) is 5.16 Å². The lowest BCUT2D eigenvalue weighted by Gasteiger charge is -2.15. The van der Waals surface area contributed by atoms with Crippen LogP contribution in [0, 0.1) is 5.92 Å². The molecule has 1 aromatic heterocycles. The van der Waals surface area contributed by atoms with Gasteiger partial charge in [-0.15, -0.1) is 0 Å². The first-order chi connectivity index (χ1) is 12.3. The summed E-state index contributed by atoms with van der Waals surface area (Å²) in [6, 6.07) is 4.79. The predicted molar refractivity (Wildman–Crippen MR) is 106 cm³/mol. The van der Waals surface area contributed by atoms with E-state index in [1.807, 2.05) is 19.9 Å². The highest BCUT2D eigenvalue weighted by Gasteiger charge is 2.15. The number of carbonyl (C=O) groups is 2. The van der Waals surface area contributed by atoms with E-state index in [1.165, 1.54) is 0 Å². The molecule has 7 nitrogen and oxygen atoms in total. The van der Waals surface area contributed by atoms with E-state index in [2.05, 4.69) is 31.5 Å². The fourth-order valence-electron chi connectivity index (χ4n) is 2.31. The summed E-state index contributed by atoms with van der Waals surface area (Å²) in [6.45, 7) is 6.71. The number of amides is 3. The van der Waals surface area contributed by atoms with Gasteiger partial charge in [0.2, 0.25) is 5.91 Å². The van der Waals surface area contributed by atoms with Crippen LogP contribution in [-0.2, 0) is 11.3 Å². The van der Waals surface area contributed by atoms with Crippen LogP contribution in [0.2, 0.25) is 0 Å². The Hall–Kier alpha value is -1.87. The third kappa shape index (κ3) is 5.31. The topological polar surface area (TPSA) is 93.1 Å². The third-order valence-corrected chi connectivity index (χ3v) is 4.82. The average molecular weight is 441 g/mol. The fraction of sp³-hybridized carbons (Fsp3) is 0.412. The van der Waals surface area contributed by atoms with Crippen molar-refractivity contribution < 1.29 is 9.59 Å². The van der Waals surface area contributed by atoms with Gasteiger partial charge < -0.3 is 5.32 Å². The van der Waals surface area contributed by atoms with E-state index in [9.17, 15) is 14.4 Å². The van der Waals surface area contributed by atoms with Crippen LogP contribution in [0.15, 0.2) is 32.6 Å². The lowest BCUT2D eigenvalue weighted by molar-refractivity contribution is -0.117. The molecule has 0 aliphatic carbocycles. The maximum atomic E-state index is 12.9. The minimum absolute atomic E-state index is 0.0102. The molecule has 2 N–H and O–H groups in total. The summed E-state index contributed by atoms with van der Waals surface area (Å²) in [5.74, 6) is -0.214. The minimum atomic E-state index is -0.533. The average Bonchev–Trinajstić information content (AvgIpc) is 2.56. The SMILES string of the molecule is CCNC(=O)NC(=O)CSc1nc2ccc(Br)cc2c(=O)n1CC(C)C. The zero-order chi connectivity index (χ0) is 19.3. The summed E-state index contributed by atoms with van der Waals surface area (Å²) < 4.78 is 2.39. The molecule has 26 heavy (non-hydrogen) atoms. The van der Waals surface area contributed by atoms with Gasteiger partial charge in [0.1, 0.15) is 0 Å². The van der Waals surface area contributed by atoms with Crippen molar-refractivity contribution in [3.05, 3.63) is 33.0 Å². The molecule has 1 heterocycles. The van der Waals surface area contributed by atoms with Crippen LogP contribution in [0.25, 0.3) is 10.9 Å². The Kier molecular flexibility index (Phi) is 7.22. The number of hydrogen-bond acceptors (Lipinski definition) is 5. The van der Waals surface area contributed by atoms with Crippen molar-refractivity contribution in [2.75, 3.05) is 12.3 Å². The second kappa shape index (κ2) is 9.18. The van der Waals surface area contributed by atoms with Crippen molar-refractivity contribution in [1.29, 1.82) is 0 Å². The molecule has 2 rings (SSSR count). The Morgan fingerprint density at radius 2 is 2.08 bits per heavy atom. The number of hydrogen-bond donors (Lipinski definition) is 2. The summed E-state index contributed by atoms with van der Waals surface area (Å²) in [4.78, 5) is 40.7. The number of nitrogens with one attached hydrogen (secondary N) is 2. The highest BCUT2D eigenvalue weighted by atomic mass is 79.9. The molecule has 2 aromatic rings. The summed E-state index contributed by atoms with van der Waals surface area (Å²) in [5.41, 5.74) is 0.432. The second-order valence-electron chi connectivity index (χ2n) is 6.06. The van der Waals surface area contributed by atoms with Crippen molar-refractivity contribution in [3.63, 3.8) is 0 Å². The maximum Gasteiger partial charge on any atom is 0.321 e. The van der Waals surface area contributed by atoms with Crippen molar-refractivity contribution in [3.8, 4) is 0 Å². The molecule has 1 aromatic carbocycles. The van der Waals surface area contributed by atoms with Gasteiger partial charge in [-0.25, -0.2) is 9.78 Å². The third-order valence-electron chi connectivity index (χ3n) is 3.35. The minimum Gasteiger partial charge on any atom is -0.338 e. The highest BCUT2D eigenvalue weighted by molar-refractivity contribution is 9.10. The van der Waals surface area contributed by atoms with Crippen molar-refractivity contribution in [2.24, 2.45) is 5.92 Å². The molecule has 0 aliphatic heterocycles. The van der Waals surface area contributed by atoms with E-state index in [0.717, 1.165) is 16.2 Å². The number of aromatic nitrogens is 2. The summed E-state index contributed by atoms with van der Waals surface area (Å²) in [7, 11) is 0. The Bertz CT molecular complexity index is 882. The number of halogens is 1. The van der Waals surface area contributed by atoms with E-state index in [4.69, 9.17) is 0 Å². The number of carbonyl (C=O) groups excluding carboxylic acids is 2. The Morgan fingerprint density at radius 1 is 1.35 bits per heavy atom. The molecule has 0 aliphatic rings. The summed E-state index contributed by atoms with van der Waals surface area (Å²) >= 11 is 4.51. The molecule has 3 amide bonds. The maximum absolute atomic E-state index is 12.9. The Morgan fingerprint density at radius 3 is 2.73 bits per heavy atom. The van der Waals surface area contributed by atoms with Gasteiger partial charge in [-0.1, -0.05) is 41.5 Å². The van der Waals surface area contributed by atoms with Crippen molar-refractivity contribution in [1.82, 2.24) is 20.2 Å². The van der Waals surface area contributed by atoms with Crippen molar-refractivity contribution >= 4 is 50.5 Å². The lowest BCUT2D eigenvalue weighted by atomic mass is 10.2. The van der Waals surface area contributed by atoms with Gasteiger partial charge in [-0.05, 0) is 31.0 Å². The number of nitrogens with zero attached hydrogens (tertiary/aromatic N) is 2. The van der Waals surface area contributed by atoms with Crippen molar-refractivity contribution in [2.45, 2.75) is 32.5 Å². The van der Waals surface area contributed by atoms with E-state index < -0.39 is 11.9 Å². The monoisotopic (exact) mass is 440 g/mol. The van der Waals surface area contributed by atoms with E-state index >= 15 is 0 Å². The van der Waals surface area contributed by atoms with E-state index in [1.54, 1.807) is 23.6 Å². The Labute approximate surface area is 164 Å². The first kappa shape index (κ1) is 20.4. The number of benzene rings is 1. The smallest absolute Gasteiger partial charge is 0.321 e. The molecule has 0 saturated heterocycles. The molecule has 0 fully saturated rings. The van der Waals surface area contributed by atoms with Gasteiger partial charge in [0, 0.05) is 17.6 Å². The van der Waals surface area contributed by atoms with Gasteiger partial charge in [0.05, 0.1) is 16.7 Å². The number of rotatable bonds is 6. The van der Waals surface area contributed by atoms with E-state index in [-0.39, 0.29) is 17.2 Å². The molecular formula is C17H21BrN4O3S. The normalized spacial score (nSPS) is 11.0. The number of thioether (sulfide) groups is 1. The van der Waals surface area contributed by atoms with Gasteiger partial charge in [0.25, 0.3) is 5.56 Å². The van der Waals surface area contributed by atoms with Crippen LogP contribution in [-0.4, -0.2) is 33.8 Å². The number of urea groups is 1. The van der Waals surface area contributed by atoms with Crippen LogP contribution >= 0.6 is 27.7 Å². The van der Waals surface area contributed by atoms with Crippen LogP contribution in [0.5, 0.6) is 0 Å². The molecule has 0 radical (unpaired) electrons. The zero-order valence-corrected chi connectivity index (χ0v) is 17.2. The second-order valence-corrected chi connectivity index (χ2v) is 7.92. The Balaban J connectivity index is 2.30. The summed E-state index contributed by atoms with van der Waals surface area (Å²) in [5, 5.41) is 5.72. The quantitative estimate of drug-likeness (QED) is 0.531. The fourth-order valence-corrected chi connectivity index (χ4v) is 3.48. The molecule has 0 saturated carbocycles. The van der Waals surface area contributed by atoms with Gasteiger partial charge >= 0.3 is 6.03 Å².